The Bertz CT molecular complexity index is 706. The number of hydrogen-bond acceptors (Lipinski definition) is 4. The summed E-state index contributed by atoms with van der Waals surface area (Å²) in [5.41, 5.74) is 3.35. The van der Waals surface area contributed by atoms with Gasteiger partial charge >= 0.3 is 0 Å². The van der Waals surface area contributed by atoms with E-state index < -0.39 is 0 Å². The molecule has 23 heavy (non-hydrogen) atoms. The first kappa shape index (κ1) is 18.0. The van der Waals surface area contributed by atoms with Crippen LogP contribution in [0.4, 0.5) is 0 Å². The number of rotatable bonds is 6. The van der Waals surface area contributed by atoms with Gasteiger partial charge in [0.25, 0.3) is 5.91 Å². The fraction of sp³-hybridized carbons (Fsp3) is 0.125. The minimum Gasteiger partial charge on any atom is -0.483 e. The molecule has 2 aromatic carbocycles. The molecule has 0 aromatic heterocycles. The molecule has 0 heterocycles. The molecule has 1 N–H and O–H groups in total. The van der Waals surface area contributed by atoms with E-state index >= 15 is 0 Å². The third-order valence-electron chi connectivity index (χ3n) is 2.77. The van der Waals surface area contributed by atoms with Crippen molar-refractivity contribution in [2.24, 2.45) is 5.10 Å². The van der Waals surface area contributed by atoms with Crippen molar-refractivity contribution in [3.8, 4) is 5.75 Å². The molecule has 0 fully saturated rings. The normalized spacial score (nSPS) is 10.7. The van der Waals surface area contributed by atoms with Crippen molar-refractivity contribution in [2.75, 3.05) is 12.9 Å². The van der Waals surface area contributed by atoms with Crippen molar-refractivity contribution in [1.29, 1.82) is 0 Å². The fourth-order valence-electron chi connectivity index (χ4n) is 1.64. The fourth-order valence-corrected chi connectivity index (χ4v) is 3.21. The highest BCUT2D eigenvalue weighted by Crippen LogP contribution is 2.28. The molecule has 0 unspecified atom stereocenters. The van der Waals surface area contributed by atoms with Gasteiger partial charge in [-0.1, -0.05) is 28.1 Å². The SMILES string of the molecule is CSc1ccc(/C=N\NC(=O)COc2ccc(Br)cc2Br)cc1. The molecule has 0 spiro atoms. The third kappa shape index (κ3) is 6.01. The summed E-state index contributed by atoms with van der Waals surface area (Å²) in [5.74, 6) is 0.275. The van der Waals surface area contributed by atoms with Gasteiger partial charge in [-0.05, 0) is 58.1 Å². The molecule has 0 saturated heterocycles. The predicted molar refractivity (Wildman–Crippen MR) is 101 cm³/mol. The summed E-state index contributed by atoms with van der Waals surface area (Å²) in [6, 6.07) is 13.4. The van der Waals surface area contributed by atoms with E-state index in [9.17, 15) is 4.79 Å². The maximum absolute atomic E-state index is 11.7. The lowest BCUT2D eigenvalue weighted by Gasteiger charge is -2.07. The highest BCUT2D eigenvalue weighted by Gasteiger charge is 2.05. The molecule has 0 aliphatic carbocycles. The number of thioether (sulfide) groups is 1. The Morgan fingerprint density at radius 1 is 1.26 bits per heavy atom. The van der Waals surface area contributed by atoms with E-state index in [1.165, 1.54) is 4.90 Å². The summed E-state index contributed by atoms with van der Waals surface area (Å²) >= 11 is 8.41. The summed E-state index contributed by atoms with van der Waals surface area (Å²) in [6.07, 6.45) is 3.62. The number of carbonyl (C=O) groups is 1. The van der Waals surface area contributed by atoms with Gasteiger partial charge in [-0.2, -0.15) is 5.10 Å². The molecule has 0 radical (unpaired) electrons. The van der Waals surface area contributed by atoms with E-state index in [2.05, 4.69) is 42.4 Å². The van der Waals surface area contributed by atoms with Gasteiger partial charge in [0.1, 0.15) is 5.75 Å². The summed E-state index contributed by atoms with van der Waals surface area (Å²) in [6.45, 7) is -0.108. The maximum atomic E-state index is 11.7. The van der Waals surface area contributed by atoms with Crippen molar-refractivity contribution in [3.05, 3.63) is 57.0 Å². The van der Waals surface area contributed by atoms with Crippen LogP contribution in [0.3, 0.4) is 0 Å². The first-order valence-corrected chi connectivity index (χ1v) is 9.43. The zero-order valence-corrected chi connectivity index (χ0v) is 16.2. The Balaban J connectivity index is 1.81. The van der Waals surface area contributed by atoms with Gasteiger partial charge in [0.2, 0.25) is 0 Å². The zero-order chi connectivity index (χ0) is 16.7. The molecular formula is C16H14Br2N2O2S. The Kier molecular flexibility index (Phi) is 7.14. The van der Waals surface area contributed by atoms with Crippen LogP contribution in [0.5, 0.6) is 5.75 Å². The van der Waals surface area contributed by atoms with Crippen LogP contribution in [0.25, 0.3) is 0 Å². The number of halogens is 2. The van der Waals surface area contributed by atoms with Gasteiger partial charge in [0, 0.05) is 9.37 Å². The Morgan fingerprint density at radius 2 is 2.00 bits per heavy atom. The van der Waals surface area contributed by atoms with E-state index in [4.69, 9.17) is 4.74 Å². The number of ether oxygens (including phenoxy) is 1. The average Bonchev–Trinajstić information content (AvgIpc) is 2.54. The lowest BCUT2D eigenvalue weighted by molar-refractivity contribution is -0.123. The first-order valence-electron chi connectivity index (χ1n) is 6.62. The molecule has 4 nitrogen and oxygen atoms in total. The molecule has 0 bridgehead atoms. The first-order chi connectivity index (χ1) is 11.1. The van der Waals surface area contributed by atoms with Crippen LogP contribution in [0.2, 0.25) is 0 Å². The molecular weight excluding hydrogens is 444 g/mol. The van der Waals surface area contributed by atoms with E-state index in [1.54, 1.807) is 24.0 Å². The number of benzene rings is 2. The van der Waals surface area contributed by atoms with E-state index in [1.807, 2.05) is 42.7 Å². The van der Waals surface area contributed by atoms with Gasteiger partial charge in [0.15, 0.2) is 6.61 Å². The largest absolute Gasteiger partial charge is 0.483 e. The van der Waals surface area contributed by atoms with Crippen LogP contribution < -0.4 is 10.2 Å². The lowest BCUT2D eigenvalue weighted by atomic mass is 10.2. The number of amides is 1. The smallest absolute Gasteiger partial charge is 0.277 e. The lowest BCUT2D eigenvalue weighted by Crippen LogP contribution is -2.24. The van der Waals surface area contributed by atoms with Gasteiger partial charge in [0.05, 0.1) is 10.7 Å². The number of nitrogens with zero attached hydrogens (tertiary/aromatic N) is 1. The minimum atomic E-state index is -0.322. The van der Waals surface area contributed by atoms with Crippen LogP contribution >= 0.6 is 43.6 Å². The van der Waals surface area contributed by atoms with Crippen molar-refractivity contribution in [3.63, 3.8) is 0 Å². The van der Waals surface area contributed by atoms with Crippen LogP contribution in [-0.2, 0) is 4.79 Å². The van der Waals surface area contributed by atoms with Crippen LogP contribution in [0.1, 0.15) is 5.56 Å². The molecule has 1 amide bonds. The van der Waals surface area contributed by atoms with Crippen molar-refractivity contribution in [2.45, 2.75) is 4.90 Å². The minimum absolute atomic E-state index is 0.108. The second-order valence-electron chi connectivity index (χ2n) is 4.43. The van der Waals surface area contributed by atoms with Crippen molar-refractivity contribution >= 4 is 55.7 Å². The van der Waals surface area contributed by atoms with E-state index in [0.29, 0.717) is 5.75 Å². The monoisotopic (exact) mass is 456 g/mol. The highest BCUT2D eigenvalue weighted by atomic mass is 79.9. The zero-order valence-electron chi connectivity index (χ0n) is 12.3. The topological polar surface area (TPSA) is 50.7 Å². The number of nitrogens with one attached hydrogen (secondary N) is 1. The average molecular weight is 458 g/mol. The van der Waals surface area contributed by atoms with Crippen molar-refractivity contribution in [1.82, 2.24) is 5.43 Å². The second-order valence-corrected chi connectivity index (χ2v) is 7.08. The summed E-state index contributed by atoms with van der Waals surface area (Å²) < 4.78 is 7.13. The Labute approximate surface area is 155 Å². The van der Waals surface area contributed by atoms with Crippen LogP contribution in [-0.4, -0.2) is 25.0 Å². The molecule has 2 aromatic rings. The van der Waals surface area contributed by atoms with Crippen LogP contribution in [0.15, 0.2) is 61.4 Å². The van der Waals surface area contributed by atoms with Gasteiger partial charge in [-0.15, -0.1) is 11.8 Å². The summed E-state index contributed by atoms with van der Waals surface area (Å²) in [7, 11) is 0. The molecule has 2 rings (SSSR count). The number of hydrazone groups is 1. The van der Waals surface area contributed by atoms with Crippen LogP contribution in [0, 0.1) is 0 Å². The van der Waals surface area contributed by atoms with Crippen molar-refractivity contribution < 1.29 is 9.53 Å². The molecule has 0 aliphatic rings. The van der Waals surface area contributed by atoms with E-state index in [-0.39, 0.29) is 12.5 Å². The molecule has 0 saturated carbocycles. The third-order valence-corrected chi connectivity index (χ3v) is 4.63. The molecule has 0 atom stereocenters. The van der Waals surface area contributed by atoms with E-state index in [0.717, 1.165) is 14.5 Å². The standard InChI is InChI=1S/C16H14Br2N2O2S/c1-23-13-5-2-11(3-6-13)9-19-20-16(21)10-22-15-7-4-12(17)8-14(15)18/h2-9H,10H2,1H3,(H,20,21)/b19-9-. The number of hydrogen-bond donors (Lipinski definition) is 1. The molecule has 120 valence electrons. The molecule has 7 heteroatoms. The van der Waals surface area contributed by atoms with Gasteiger partial charge < -0.3 is 4.74 Å². The Morgan fingerprint density at radius 3 is 2.65 bits per heavy atom. The van der Waals surface area contributed by atoms with Gasteiger partial charge in [-0.25, -0.2) is 5.43 Å². The predicted octanol–water partition coefficient (Wildman–Crippen LogP) is 4.46. The Hall–Kier alpha value is -1.31. The second kappa shape index (κ2) is 9.10. The maximum Gasteiger partial charge on any atom is 0.277 e. The highest BCUT2D eigenvalue weighted by molar-refractivity contribution is 9.11. The number of carbonyl (C=O) groups excluding carboxylic acids is 1. The van der Waals surface area contributed by atoms with Gasteiger partial charge in [-0.3, -0.25) is 4.79 Å². The summed E-state index contributed by atoms with van der Waals surface area (Å²) in [5, 5.41) is 3.92. The quantitative estimate of drug-likeness (QED) is 0.395. The molecule has 0 aliphatic heterocycles. The summed E-state index contributed by atoms with van der Waals surface area (Å²) in [4.78, 5) is 12.9.